The van der Waals surface area contributed by atoms with Crippen LogP contribution >= 0.6 is 34.8 Å². The smallest absolute Gasteiger partial charge is 0.303 e. The molecule has 1 N–H and O–H groups in total. The molecule has 0 spiro atoms. The first kappa shape index (κ1) is 29.0. The molecule has 7 nitrogen and oxygen atoms in total. The predicted molar refractivity (Wildman–Crippen MR) is 135 cm³/mol. The fourth-order valence-corrected chi connectivity index (χ4v) is 4.01. The number of hydrogen-bond donors (Lipinski definition) is 1. The lowest BCUT2D eigenvalue weighted by molar-refractivity contribution is -0.150. The Bertz CT molecular complexity index is 986. The Hall–Kier alpha value is -2.19. The summed E-state index contributed by atoms with van der Waals surface area (Å²) < 4.78 is 21.4. The van der Waals surface area contributed by atoms with E-state index in [0.717, 1.165) is 11.1 Å². The van der Waals surface area contributed by atoms with E-state index >= 15 is 0 Å². The van der Waals surface area contributed by atoms with Crippen molar-refractivity contribution in [2.45, 2.75) is 45.3 Å². The number of aliphatic hydroxyl groups excluding tert-OH is 1. The topological polar surface area (TPSA) is 91.3 Å². The van der Waals surface area contributed by atoms with Gasteiger partial charge in [0.05, 0.1) is 22.5 Å². The first-order chi connectivity index (χ1) is 16.5. The van der Waals surface area contributed by atoms with Gasteiger partial charge in [0.2, 0.25) is 0 Å². The Kier molecular flexibility index (Phi) is 11.0. The van der Waals surface area contributed by atoms with E-state index in [-0.39, 0.29) is 31.5 Å². The van der Waals surface area contributed by atoms with Gasteiger partial charge in [0.1, 0.15) is 25.1 Å². The molecule has 2 unspecified atom stereocenters. The molecule has 0 aliphatic heterocycles. The number of alkyl halides is 1. The largest absolute Gasteiger partial charge is 0.490 e. The van der Waals surface area contributed by atoms with Crippen LogP contribution in [0.15, 0.2) is 36.4 Å². The molecule has 2 rings (SSSR count). The van der Waals surface area contributed by atoms with Crippen LogP contribution in [0, 0.1) is 0 Å². The Labute approximate surface area is 220 Å². The number of rotatable bonds is 12. The SMILES string of the molecule is CC(=O)OC(CO)COc1ccc(C(C)(C)c2cc(Cl)c(OCC(CCl)OC(C)=O)c(Cl)c2)cc1. The monoisotopic (exact) mass is 546 g/mol. The third-order valence-corrected chi connectivity index (χ3v) is 6.09. The average molecular weight is 548 g/mol. The molecule has 0 aromatic heterocycles. The van der Waals surface area contributed by atoms with Gasteiger partial charge in [-0.25, -0.2) is 0 Å². The fraction of sp³-hybridized carbons (Fsp3) is 0.440. The highest BCUT2D eigenvalue weighted by Gasteiger charge is 2.26. The molecule has 0 saturated heterocycles. The molecule has 10 heteroatoms. The number of carbonyl (C=O) groups is 2. The minimum absolute atomic E-state index is 0.0152. The maximum absolute atomic E-state index is 11.2. The van der Waals surface area contributed by atoms with Crippen LogP contribution in [-0.2, 0) is 24.5 Å². The number of benzene rings is 2. The van der Waals surface area contributed by atoms with Crippen LogP contribution in [0.3, 0.4) is 0 Å². The summed E-state index contributed by atoms with van der Waals surface area (Å²) in [5.41, 5.74) is 1.37. The fourth-order valence-electron chi connectivity index (χ4n) is 3.26. The summed E-state index contributed by atoms with van der Waals surface area (Å²) in [5.74, 6) is -0.0182. The number of ether oxygens (including phenoxy) is 4. The highest BCUT2D eigenvalue weighted by atomic mass is 35.5. The Morgan fingerprint density at radius 3 is 1.89 bits per heavy atom. The lowest BCUT2D eigenvalue weighted by Gasteiger charge is -2.27. The van der Waals surface area contributed by atoms with Gasteiger partial charge in [-0.15, -0.1) is 11.6 Å². The number of hydrogen-bond acceptors (Lipinski definition) is 7. The summed E-state index contributed by atoms with van der Waals surface area (Å²) >= 11 is 18.8. The molecule has 0 radical (unpaired) electrons. The normalized spacial score (nSPS) is 13.0. The number of carbonyl (C=O) groups excluding carboxylic acids is 2. The molecule has 0 bridgehead atoms. The van der Waals surface area contributed by atoms with E-state index in [1.165, 1.54) is 13.8 Å². The van der Waals surface area contributed by atoms with Gasteiger partial charge in [-0.2, -0.15) is 0 Å². The molecule has 0 fully saturated rings. The Morgan fingerprint density at radius 2 is 1.40 bits per heavy atom. The van der Waals surface area contributed by atoms with Crippen molar-refractivity contribution >= 4 is 46.7 Å². The molecule has 0 amide bonds. The van der Waals surface area contributed by atoms with E-state index in [1.807, 2.05) is 26.0 Å². The van der Waals surface area contributed by atoms with Crippen molar-refractivity contribution in [2.24, 2.45) is 0 Å². The van der Waals surface area contributed by atoms with E-state index in [9.17, 15) is 14.7 Å². The molecule has 2 atom stereocenters. The second-order valence-corrected chi connectivity index (χ2v) is 9.46. The minimum Gasteiger partial charge on any atom is -0.490 e. The van der Waals surface area contributed by atoms with Crippen molar-refractivity contribution in [3.8, 4) is 11.5 Å². The van der Waals surface area contributed by atoms with Crippen LogP contribution in [0.1, 0.15) is 38.8 Å². The van der Waals surface area contributed by atoms with E-state index in [2.05, 4.69) is 0 Å². The summed E-state index contributed by atoms with van der Waals surface area (Å²) in [7, 11) is 0. The summed E-state index contributed by atoms with van der Waals surface area (Å²) in [6.07, 6.45) is -1.36. The first-order valence-electron chi connectivity index (χ1n) is 10.8. The highest BCUT2D eigenvalue weighted by molar-refractivity contribution is 6.37. The summed E-state index contributed by atoms with van der Waals surface area (Å²) in [4.78, 5) is 22.2. The van der Waals surface area contributed by atoms with Gasteiger partial charge in [-0.1, -0.05) is 49.2 Å². The minimum atomic E-state index is -0.734. The second kappa shape index (κ2) is 13.2. The van der Waals surface area contributed by atoms with Crippen molar-refractivity contribution < 1.29 is 33.6 Å². The molecule has 0 aliphatic rings. The number of halogens is 3. The van der Waals surface area contributed by atoms with E-state index in [4.69, 9.17) is 53.8 Å². The van der Waals surface area contributed by atoms with Crippen molar-refractivity contribution in [1.82, 2.24) is 0 Å². The quantitative estimate of drug-likeness (QED) is 0.289. The Balaban J connectivity index is 2.14. The van der Waals surface area contributed by atoms with Crippen molar-refractivity contribution in [2.75, 3.05) is 25.7 Å². The average Bonchev–Trinajstić information content (AvgIpc) is 2.80. The van der Waals surface area contributed by atoms with Crippen LogP contribution in [0.25, 0.3) is 0 Å². The number of aliphatic hydroxyl groups is 1. The van der Waals surface area contributed by atoms with E-state index < -0.39 is 29.6 Å². The molecule has 0 heterocycles. The standard InChI is InChI=1S/C25H29Cl3O7/c1-15(30)34-20(11-26)13-33-24-22(27)9-18(10-23(24)28)25(3,4)17-5-7-19(8-6-17)32-14-21(12-29)35-16(2)31/h5-10,20-21,29H,11-14H2,1-4H3. The number of esters is 2. The molecule has 35 heavy (non-hydrogen) atoms. The maximum atomic E-state index is 11.2. The second-order valence-electron chi connectivity index (χ2n) is 8.34. The summed E-state index contributed by atoms with van der Waals surface area (Å²) in [5, 5.41) is 9.92. The van der Waals surface area contributed by atoms with Gasteiger partial charge < -0.3 is 24.1 Å². The van der Waals surface area contributed by atoms with Crippen molar-refractivity contribution in [3.63, 3.8) is 0 Å². The van der Waals surface area contributed by atoms with Gasteiger partial charge in [0.15, 0.2) is 11.9 Å². The zero-order valence-electron chi connectivity index (χ0n) is 20.0. The van der Waals surface area contributed by atoms with Gasteiger partial charge in [-0.3, -0.25) is 9.59 Å². The van der Waals surface area contributed by atoms with Crippen LogP contribution in [0.5, 0.6) is 11.5 Å². The lowest BCUT2D eigenvalue weighted by Crippen LogP contribution is -2.27. The van der Waals surface area contributed by atoms with E-state index in [1.54, 1.807) is 24.3 Å². The lowest BCUT2D eigenvalue weighted by atomic mass is 9.78. The van der Waals surface area contributed by atoms with Gasteiger partial charge in [0.25, 0.3) is 0 Å². The third-order valence-electron chi connectivity index (χ3n) is 5.19. The van der Waals surface area contributed by atoms with E-state index in [0.29, 0.717) is 15.8 Å². The zero-order chi connectivity index (χ0) is 26.2. The van der Waals surface area contributed by atoms with Gasteiger partial charge >= 0.3 is 11.9 Å². The molecule has 0 aliphatic carbocycles. The van der Waals surface area contributed by atoms with Gasteiger partial charge in [-0.05, 0) is 35.4 Å². The van der Waals surface area contributed by atoms with Gasteiger partial charge in [0, 0.05) is 19.3 Å². The molecule has 2 aromatic rings. The van der Waals surface area contributed by atoms with Crippen LogP contribution in [0.2, 0.25) is 10.0 Å². The molecule has 2 aromatic carbocycles. The first-order valence-corrected chi connectivity index (χ1v) is 12.1. The van der Waals surface area contributed by atoms with Crippen LogP contribution in [-0.4, -0.2) is 55.0 Å². The maximum Gasteiger partial charge on any atom is 0.303 e. The van der Waals surface area contributed by atoms with Crippen LogP contribution < -0.4 is 9.47 Å². The van der Waals surface area contributed by atoms with Crippen molar-refractivity contribution in [3.05, 3.63) is 57.6 Å². The third kappa shape index (κ3) is 8.46. The molecule has 192 valence electrons. The molecular formula is C25H29Cl3O7. The summed E-state index contributed by atoms with van der Waals surface area (Å²) in [6.45, 7) is 6.34. The predicted octanol–water partition coefficient (Wildman–Crippen LogP) is 5.17. The highest BCUT2D eigenvalue weighted by Crippen LogP contribution is 2.40. The zero-order valence-corrected chi connectivity index (χ0v) is 22.2. The van der Waals surface area contributed by atoms with Crippen LogP contribution in [0.4, 0.5) is 0 Å². The summed E-state index contributed by atoms with van der Waals surface area (Å²) in [6, 6.07) is 11.0. The Morgan fingerprint density at radius 1 is 0.886 bits per heavy atom. The molecular weight excluding hydrogens is 519 g/mol. The molecule has 0 saturated carbocycles. The van der Waals surface area contributed by atoms with Crippen molar-refractivity contribution in [1.29, 1.82) is 0 Å².